The van der Waals surface area contributed by atoms with E-state index in [1.807, 2.05) is 24.3 Å². The van der Waals surface area contributed by atoms with Crippen LogP contribution in [0.5, 0.6) is 11.5 Å². The molecule has 2 heterocycles. The molecule has 1 fully saturated rings. The number of unbranched alkanes of at least 4 members (excludes halogenated alkanes) is 3. The summed E-state index contributed by atoms with van der Waals surface area (Å²) in [4.78, 5) is 25.4. The molecule has 4 rings (SSSR count). The van der Waals surface area contributed by atoms with Crippen molar-refractivity contribution in [3.05, 3.63) is 57.0 Å². The summed E-state index contributed by atoms with van der Waals surface area (Å²) >= 11 is 0.961. The van der Waals surface area contributed by atoms with Crippen molar-refractivity contribution in [3.63, 3.8) is 0 Å². The van der Waals surface area contributed by atoms with E-state index in [1.54, 1.807) is 6.08 Å². The Kier molecular flexibility index (Phi) is 8.76. The van der Waals surface area contributed by atoms with Gasteiger partial charge in [-0.3, -0.25) is 14.5 Å². The lowest BCUT2D eigenvalue weighted by Crippen LogP contribution is -2.42. The van der Waals surface area contributed by atoms with Crippen molar-refractivity contribution in [1.82, 2.24) is 4.90 Å². The zero-order valence-corrected chi connectivity index (χ0v) is 24.3. The Morgan fingerprint density at radius 2 is 1.82 bits per heavy atom. The van der Waals surface area contributed by atoms with Gasteiger partial charge in [0.2, 0.25) is 0 Å². The molecule has 1 atom stereocenters. The molecule has 0 aliphatic carbocycles. The van der Waals surface area contributed by atoms with E-state index in [4.69, 9.17) is 9.47 Å². The molecule has 0 radical (unpaired) electrons. The highest BCUT2D eigenvalue weighted by atomic mass is 32.2. The maximum atomic E-state index is 12.1. The van der Waals surface area contributed by atoms with Crippen molar-refractivity contribution in [2.75, 3.05) is 25.5 Å². The molecular weight excluding hydrogens is 496 g/mol. The fraction of sp³-hybridized carbons (Fsp3) is 0.484. The number of imide groups is 1. The SMILES string of the molecule is CCCCCCNc1c(C)c(C)c2c(c1C)CCC(C)(COc1ccc(/C=C3\SC(=O)N(C)C3=O)cc1)O2. The molecule has 2 aromatic rings. The summed E-state index contributed by atoms with van der Waals surface area (Å²) in [5.74, 6) is 1.49. The normalized spacial score (nSPS) is 20.1. The fourth-order valence-electron chi connectivity index (χ4n) is 5.04. The highest BCUT2D eigenvalue weighted by Gasteiger charge is 2.35. The van der Waals surface area contributed by atoms with Crippen LogP contribution >= 0.6 is 11.8 Å². The maximum absolute atomic E-state index is 12.1. The van der Waals surface area contributed by atoms with Crippen LogP contribution in [0.1, 0.15) is 73.8 Å². The number of thioether (sulfide) groups is 1. The van der Waals surface area contributed by atoms with Gasteiger partial charge in [0.15, 0.2) is 0 Å². The third-order valence-electron chi connectivity index (χ3n) is 7.67. The Labute approximate surface area is 231 Å². The largest absolute Gasteiger partial charge is 0.489 e. The number of nitrogens with one attached hydrogen (secondary N) is 1. The molecular formula is C31H40N2O4S. The summed E-state index contributed by atoms with van der Waals surface area (Å²) in [5, 5.41) is 3.46. The Hall–Kier alpha value is -2.93. The molecule has 2 aliphatic rings. The van der Waals surface area contributed by atoms with Crippen molar-refractivity contribution in [1.29, 1.82) is 0 Å². The van der Waals surface area contributed by atoms with Crippen LogP contribution in [-0.2, 0) is 11.2 Å². The van der Waals surface area contributed by atoms with Gasteiger partial charge in [0.25, 0.3) is 11.1 Å². The Morgan fingerprint density at radius 1 is 1.08 bits per heavy atom. The Bertz CT molecular complexity index is 1240. The predicted octanol–water partition coefficient (Wildman–Crippen LogP) is 7.43. The number of rotatable bonds is 10. The van der Waals surface area contributed by atoms with Gasteiger partial charge in [0.05, 0.1) is 4.91 Å². The average Bonchev–Trinajstić information content (AvgIpc) is 3.14. The second-order valence-corrected chi connectivity index (χ2v) is 11.7. The van der Waals surface area contributed by atoms with Crippen LogP contribution in [0, 0.1) is 20.8 Å². The van der Waals surface area contributed by atoms with Gasteiger partial charge >= 0.3 is 0 Å². The molecule has 1 unspecified atom stereocenters. The molecule has 1 N–H and O–H groups in total. The summed E-state index contributed by atoms with van der Waals surface area (Å²) in [6.07, 6.45) is 8.58. The molecule has 204 valence electrons. The number of likely N-dealkylation sites (N-methyl/N-ethyl adjacent to an activating group) is 1. The monoisotopic (exact) mass is 536 g/mol. The summed E-state index contributed by atoms with van der Waals surface area (Å²) in [7, 11) is 1.50. The van der Waals surface area contributed by atoms with Crippen molar-refractivity contribution in [2.45, 2.75) is 78.7 Å². The Morgan fingerprint density at radius 3 is 2.47 bits per heavy atom. The van der Waals surface area contributed by atoms with Gasteiger partial charge in [-0.2, -0.15) is 0 Å². The number of hydrogen-bond donors (Lipinski definition) is 1. The number of hydrogen-bond acceptors (Lipinski definition) is 6. The van der Waals surface area contributed by atoms with E-state index in [1.165, 1.54) is 60.7 Å². The topological polar surface area (TPSA) is 67.9 Å². The van der Waals surface area contributed by atoms with E-state index in [-0.39, 0.29) is 11.1 Å². The van der Waals surface area contributed by atoms with Crippen LogP contribution in [0.4, 0.5) is 10.5 Å². The molecule has 0 saturated carbocycles. The van der Waals surface area contributed by atoms with Crippen LogP contribution in [0.25, 0.3) is 6.08 Å². The molecule has 0 bridgehead atoms. The minimum absolute atomic E-state index is 0.251. The van der Waals surface area contributed by atoms with Gasteiger partial charge < -0.3 is 14.8 Å². The van der Waals surface area contributed by atoms with Crippen LogP contribution < -0.4 is 14.8 Å². The number of nitrogens with zero attached hydrogens (tertiary/aromatic N) is 1. The molecule has 7 heteroatoms. The lowest BCUT2D eigenvalue weighted by atomic mass is 9.87. The summed E-state index contributed by atoms with van der Waals surface area (Å²) < 4.78 is 12.8. The van der Waals surface area contributed by atoms with Gasteiger partial charge in [0.1, 0.15) is 23.7 Å². The second-order valence-electron chi connectivity index (χ2n) is 10.7. The van der Waals surface area contributed by atoms with Crippen LogP contribution in [0.3, 0.4) is 0 Å². The number of benzene rings is 2. The van der Waals surface area contributed by atoms with Gasteiger partial charge in [-0.05, 0) is 105 Å². The minimum Gasteiger partial charge on any atom is -0.489 e. The van der Waals surface area contributed by atoms with Gasteiger partial charge in [-0.1, -0.05) is 38.3 Å². The van der Waals surface area contributed by atoms with E-state index in [0.717, 1.165) is 53.1 Å². The minimum atomic E-state index is -0.426. The van der Waals surface area contributed by atoms with E-state index in [9.17, 15) is 9.59 Å². The van der Waals surface area contributed by atoms with Gasteiger partial charge in [-0.15, -0.1) is 0 Å². The first kappa shape index (κ1) is 28.1. The zero-order chi connectivity index (χ0) is 27.4. The quantitative estimate of drug-likeness (QED) is 0.252. The highest BCUT2D eigenvalue weighted by Crippen LogP contribution is 2.43. The fourth-order valence-corrected chi connectivity index (χ4v) is 5.87. The van der Waals surface area contributed by atoms with E-state index in [0.29, 0.717) is 11.5 Å². The third-order valence-corrected chi connectivity index (χ3v) is 8.63. The lowest BCUT2D eigenvalue weighted by molar-refractivity contribution is -0.121. The van der Waals surface area contributed by atoms with Gasteiger partial charge in [-0.25, -0.2) is 0 Å². The standard InChI is InChI=1S/C31H40N2O4S/c1-7-8-9-10-17-32-27-20(2)21(3)28-25(22(27)4)15-16-31(5,37-28)19-36-24-13-11-23(12-14-24)18-26-29(34)33(6)30(35)38-26/h11-14,18,32H,7-10,15-17,19H2,1-6H3/b26-18-. The van der Waals surface area contributed by atoms with Crippen LogP contribution in [0.15, 0.2) is 29.2 Å². The van der Waals surface area contributed by atoms with E-state index in [2.05, 4.69) is 39.9 Å². The van der Waals surface area contributed by atoms with Crippen molar-refractivity contribution >= 4 is 34.7 Å². The van der Waals surface area contributed by atoms with Crippen LogP contribution in [0.2, 0.25) is 0 Å². The summed E-state index contributed by atoms with van der Waals surface area (Å²) in [5.41, 5.74) is 6.77. The maximum Gasteiger partial charge on any atom is 0.293 e. The first-order valence-electron chi connectivity index (χ1n) is 13.6. The molecule has 38 heavy (non-hydrogen) atoms. The molecule has 2 amide bonds. The smallest absolute Gasteiger partial charge is 0.293 e. The number of fused-ring (bicyclic) bond motifs is 1. The summed E-state index contributed by atoms with van der Waals surface area (Å²) in [6.45, 7) is 12.4. The van der Waals surface area contributed by atoms with Crippen LogP contribution in [-0.4, -0.2) is 41.8 Å². The number of anilines is 1. The Balaban J connectivity index is 1.40. The van der Waals surface area contributed by atoms with Gasteiger partial charge in [0, 0.05) is 19.3 Å². The first-order valence-corrected chi connectivity index (χ1v) is 14.4. The molecule has 6 nitrogen and oxygen atoms in total. The molecule has 0 aromatic heterocycles. The predicted molar refractivity (Wildman–Crippen MR) is 156 cm³/mol. The lowest BCUT2D eigenvalue weighted by Gasteiger charge is -2.38. The molecule has 0 spiro atoms. The summed E-state index contributed by atoms with van der Waals surface area (Å²) in [6, 6.07) is 7.57. The van der Waals surface area contributed by atoms with Crippen molar-refractivity contribution in [3.8, 4) is 11.5 Å². The average molecular weight is 537 g/mol. The first-order chi connectivity index (χ1) is 18.1. The number of carbonyl (C=O) groups excluding carboxylic acids is 2. The van der Waals surface area contributed by atoms with Crippen molar-refractivity contribution < 1.29 is 19.1 Å². The number of carbonyl (C=O) groups is 2. The van der Waals surface area contributed by atoms with E-state index >= 15 is 0 Å². The van der Waals surface area contributed by atoms with Crippen molar-refractivity contribution in [2.24, 2.45) is 0 Å². The highest BCUT2D eigenvalue weighted by molar-refractivity contribution is 8.18. The third kappa shape index (κ3) is 6.04. The zero-order valence-electron chi connectivity index (χ0n) is 23.5. The number of ether oxygens (including phenoxy) is 2. The van der Waals surface area contributed by atoms with E-state index < -0.39 is 5.60 Å². The second kappa shape index (κ2) is 11.9. The molecule has 2 aromatic carbocycles. The number of amides is 2. The molecule has 1 saturated heterocycles. The molecule has 2 aliphatic heterocycles.